The normalized spacial score (nSPS) is 14.4. The number of carbonyl (C=O) groups is 1. The van der Waals surface area contributed by atoms with Crippen molar-refractivity contribution in [2.75, 3.05) is 11.9 Å². The molecule has 0 radical (unpaired) electrons. The van der Waals surface area contributed by atoms with Crippen molar-refractivity contribution in [3.8, 4) is 11.4 Å². The molecular weight excluding hydrogens is 479 g/mol. The third-order valence-electron chi connectivity index (χ3n) is 5.35. The zero-order chi connectivity index (χ0) is 25.5. The maximum Gasteiger partial charge on any atom is 0.425 e. The highest BCUT2D eigenvalue weighted by atomic mass is 19.4. The van der Waals surface area contributed by atoms with Crippen LogP contribution in [0.1, 0.15) is 28.7 Å². The number of fused-ring (bicyclic) bond motifs is 1. The van der Waals surface area contributed by atoms with E-state index in [2.05, 4.69) is 10.4 Å². The molecule has 1 aliphatic rings. The molecule has 2 heterocycles. The van der Waals surface area contributed by atoms with E-state index in [1.165, 1.54) is 17.6 Å². The summed E-state index contributed by atoms with van der Waals surface area (Å²) < 4.78 is 80.2. The van der Waals surface area contributed by atoms with Crippen LogP contribution in [0.15, 0.2) is 35.1 Å². The van der Waals surface area contributed by atoms with Crippen LogP contribution >= 0.6 is 0 Å². The maximum absolute atomic E-state index is 15.1. The van der Waals surface area contributed by atoms with Gasteiger partial charge in [0, 0.05) is 11.8 Å². The van der Waals surface area contributed by atoms with Crippen molar-refractivity contribution in [2.24, 2.45) is 0 Å². The predicted molar refractivity (Wildman–Crippen MR) is 113 cm³/mol. The number of hydrogen-bond donors (Lipinski definition) is 1. The minimum absolute atomic E-state index is 0.00413. The molecular formula is C22H19F5N4O4. The van der Waals surface area contributed by atoms with Crippen LogP contribution in [0.3, 0.4) is 0 Å². The molecule has 1 aliphatic heterocycles. The summed E-state index contributed by atoms with van der Waals surface area (Å²) in [5.41, 5.74) is -1.30. The Bertz CT molecular complexity index is 1350. The molecule has 0 saturated carbocycles. The van der Waals surface area contributed by atoms with Gasteiger partial charge in [-0.25, -0.2) is 13.6 Å². The molecule has 8 nitrogen and oxygen atoms in total. The number of amides is 1. The first-order valence-corrected chi connectivity index (χ1v) is 10.4. The molecule has 0 spiro atoms. The molecule has 0 aliphatic carbocycles. The number of carbonyl (C=O) groups excluding carboxylic acids is 1. The first-order chi connectivity index (χ1) is 16.5. The second-order valence-corrected chi connectivity index (χ2v) is 7.83. The Morgan fingerprint density at radius 1 is 1.23 bits per heavy atom. The van der Waals surface area contributed by atoms with E-state index in [-0.39, 0.29) is 31.3 Å². The number of ether oxygens (including phenoxy) is 2. The van der Waals surface area contributed by atoms with Crippen LogP contribution in [0.2, 0.25) is 0 Å². The lowest BCUT2D eigenvalue weighted by molar-refractivity contribution is -0.189. The average Bonchev–Trinajstić information content (AvgIpc) is 3.12. The molecule has 1 atom stereocenters. The number of aromatic nitrogens is 3. The fourth-order valence-corrected chi connectivity index (χ4v) is 3.44. The number of nitrogens with one attached hydrogen (secondary N) is 1. The molecule has 0 saturated heterocycles. The summed E-state index contributed by atoms with van der Waals surface area (Å²) in [5, 5.41) is 6.41. The van der Waals surface area contributed by atoms with Gasteiger partial charge in [0.2, 0.25) is 0 Å². The van der Waals surface area contributed by atoms with Crippen LogP contribution in [0.4, 0.5) is 27.6 Å². The minimum Gasteiger partial charge on any atom is -0.480 e. The Labute approximate surface area is 194 Å². The minimum atomic E-state index is -4.79. The third kappa shape index (κ3) is 4.90. The third-order valence-corrected chi connectivity index (χ3v) is 5.35. The zero-order valence-electron chi connectivity index (χ0n) is 18.4. The number of hydrogen-bond acceptors (Lipinski definition) is 5. The molecule has 4 rings (SSSR count). The Morgan fingerprint density at radius 2 is 1.97 bits per heavy atom. The van der Waals surface area contributed by atoms with Gasteiger partial charge >= 0.3 is 11.9 Å². The molecule has 186 valence electrons. The molecule has 35 heavy (non-hydrogen) atoms. The summed E-state index contributed by atoms with van der Waals surface area (Å²) in [6, 6.07) is 4.93. The number of aryl methyl sites for hydroxylation is 1. The van der Waals surface area contributed by atoms with Gasteiger partial charge in [-0.05, 0) is 43.7 Å². The highest BCUT2D eigenvalue weighted by Crippen LogP contribution is 2.31. The van der Waals surface area contributed by atoms with Gasteiger partial charge in [-0.3, -0.25) is 9.36 Å². The Kier molecular flexibility index (Phi) is 6.36. The SMILES string of the molecule is Cc1cc(F)ccc1NC(=O)c1cc(F)c(-n2nc3n(c2=O)CCOC3)cc1O[C@@H](C)C(F)(F)F. The molecule has 13 heteroatoms. The lowest BCUT2D eigenvalue weighted by Crippen LogP contribution is -2.32. The summed E-state index contributed by atoms with van der Waals surface area (Å²) >= 11 is 0. The van der Waals surface area contributed by atoms with E-state index < -0.39 is 52.5 Å². The van der Waals surface area contributed by atoms with Crippen molar-refractivity contribution in [3.05, 3.63) is 69.4 Å². The van der Waals surface area contributed by atoms with E-state index in [1.54, 1.807) is 0 Å². The van der Waals surface area contributed by atoms with Crippen LogP contribution < -0.4 is 15.7 Å². The van der Waals surface area contributed by atoms with E-state index in [4.69, 9.17) is 9.47 Å². The van der Waals surface area contributed by atoms with Crippen molar-refractivity contribution >= 4 is 11.6 Å². The van der Waals surface area contributed by atoms with Crippen molar-refractivity contribution in [1.29, 1.82) is 0 Å². The number of anilines is 1. The molecule has 1 amide bonds. The topological polar surface area (TPSA) is 87.4 Å². The van der Waals surface area contributed by atoms with Gasteiger partial charge in [0.25, 0.3) is 5.91 Å². The van der Waals surface area contributed by atoms with Crippen molar-refractivity contribution in [1.82, 2.24) is 14.3 Å². The van der Waals surface area contributed by atoms with Gasteiger partial charge in [-0.1, -0.05) is 0 Å². The number of alkyl halides is 3. The number of benzene rings is 2. The molecule has 0 unspecified atom stereocenters. The van der Waals surface area contributed by atoms with Gasteiger partial charge in [-0.15, -0.1) is 5.10 Å². The van der Waals surface area contributed by atoms with Crippen LogP contribution in [0, 0.1) is 18.6 Å². The maximum atomic E-state index is 15.1. The number of nitrogens with zero attached hydrogens (tertiary/aromatic N) is 3. The van der Waals surface area contributed by atoms with Crippen molar-refractivity contribution in [2.45, 2.75) is 39.3 Å². The van der Waals surface area contributed by atoms with Gasteiger partial charge in [0.15, 0.2) is 11.9 Å². The van der Waals surface area contributed by atoms with E-state index in [9.17, 15) is 27.2 Å². The number of rotatable bonds is 5. The highest BCUT2D eigenvalue weighted by Gasteiger charge is 2.39. The summed E-state index contributed by atoms with van der Waals surface area (Å²) in [6.45, 7) is 2.62. The largest absolute Gasteiger partial charge is 0.480 e. The Balaban J connectivity index is 1.79. The molecule has 1 N–H and O–H groups in total. The van der Waals surface area contributed by atoms with E-state index in [0.717, 1.165) is 18.2 Å². The second kappa shape index (κ2) is 9.13. The fraction of sp³-hybridized carbons (Fsp3) is 0.318. The standard InChI is InChI=1S/C22H19F5N4O4/c1-11-7-13(23)3-4-16(11)28-20(32)14-8-15(24)17(9-18(14)35-12(2)22(25,26)27)31-21(33)30-5-6-34-10-19(30)29-31/h3-4,7-9,12H,5-6,10H2,1-2H3,(H,28,32)/t12-/m0/s1. The van der Waals surface area contributed by atoms with Crippen LogP contribution in [-0.2, 0) is 17.9 Å². The monoisotopic (exact) mass is 498 g/mol. The van der Waals surface area contributed by atoms with Gasteiger partial charge in [0.05, 0.1) is 18.7 Å². The summed E-state index contributed by atoms with van der Waals surface area (Å²) in [7, 11) is 0. The Hall–Kier alpha value is -3.74. The van der Waals surface area contributed by atoms with E-state index >= 15 is 4.39 Å². The van der Waals surface area contributed by atoms with Gasteiger partial charge in [-0.2, -0.15) is 17.9 Å². The van der Waals surface area contributed by atoms with Crippen LogP contribution in [0.5, 0.6) is 5.75 Å². The fourth-order valence-electron chi connectivity index (χ4n) is 3.44. The summed E-state index contributed by atoms with van der Waals surface area (Å²) in [5.74, 6) is -3.08. The molecule has 2 aromatic carbocycles. The lowest BCUT2D eigenvalue weighted by atomic mass is 10.1. The lowest BCUT2D eigenvalue weighted by Gasteiger charge is -2.20. The van der Waals surface area contributed by atoms with Gasteiger partial charge in [0.1, 0.15) is 29.7 Å². The van der Waals surface area contributed by atoms with Gasteiger partial charge < -0.3 is 14.8 Å². The quantitative estimate of drug-likeness (QED) is 0.542. The average molecular weight is 498 g/mol. The smallest absolute Gasteiger partial charge is 0.425 e. The predicted octanol–water partition coefficient (Wildman–Crippen LogP) is 3.73. The van der Waals surface area contributed by atoms with E-state index in [1.807, 2.05) is 0 Å². The Morgan fingerprint density at radius 3 is 2.63 bits per heavy atom. The highest BCUT2D eigenvalue weighted by molar-refractivity contribution is 6.06. The molecule has 3 aromatic rings. The second-order valence-electron chi connectivity index (χ2n) is 7.83. The first-order valence-electron chi connectivity index (χ1n) is 10.4. The van der Waals surface area contributed by atoms with Crippen molar-refractivity contribution < 1.29 is 36.2 Å². The van der Waals surface area contributed by atoms with Crippen molar-refractivity contribution in [3.63, 3.8) is 0 Å². The summed E-state index contributed by atoms with van der Waals surface area (Å²) in [4.78, 5) is 25.6. The first kappa shape index (κ1) is 24.4. The van der Waals surface area contributed by atoms with E-state index in [0.29, 0.717) is 23.2 Å². The summed E-state index contributed by atoms with van der Waals surface area (Å²) in [6.07, 6.45) is -7.16. The molecule has 0 fully saturated rings. The number of halogens is 5. The van der Waals surface area contributed by atoms with Crippen LogP contribution in [0.25, 0.3) is 5.69 Å². The molecule has 0 bridgehead atoms. The molecule has 1 aromatic heterocycles. The van der Waals surface area contributed by atoms with Crippen LogP contribution in [-0.4, -0.2) is 39.1 Å². The zero-order valence-corrected chi connectivity index (χ0v) is 18.4.